The molecule has 0 aliphatic heterocycles. The fourth-order valence-corrected chi connectivity index (χ4v) is 12.3. The van der Waals surface area contributed by atoms with Crippen molar-refractivity contribution >= 4 is 11.8 Å². The Hall–Kier alpha value is -1.98. The molecule has 0 heterocycles. The minimum atomic E-state index is -0.205. The molecule has 6 unspecified atom stereocenters. The van der Waals surface area contributed by atoms with Crippen LogP contribution in [0.25, 0.3) is 0 Å². The predicted molar refractivity (Wildman–Crippen MR) is 381 cm³/mol. The summed E-state index contributed by atoms with van der Waals surface area (Å²) < 4.78 is 2.17. The molecule has 0 fully saturated rings. The molecule has 0 aromatic rings. The van der Waals surface area contributed by atoms with Crippen LogP contribution in [0.2, 0.25) is 0 Å². The molecule has 2 amide bonds. The molecule has 14 heteroatoms. The van der Waals surface area contributed by atoms with Crippen LogP contribution in [-0.2, 0) is 9.59 Å². The van der Waals surface area contributed by atoms with E-state index in [-0.39, 0.29) is 23.9 Å². The summed E-state index contributed by atoms with van der Waals surface area (Å²) in [4.78, 5) is 27.4. The monoisotopic (exact) mass is 1230 g/mol. The molecule has 14 nitrogen and oxygen atoms in total. The standard InChI is InChI=1S/C73H152N12O2/c1-7-9-11-13-15-17-19-21-23-25-27-29-31-33-35-37-60-84(5,64-49-68(3)65-82-72(86)70(80-58-45-52-76)47-41-54-78-56-43-50-74)61-39-40-63-85(6,62-38-36-34-32-30-28-26-24-22-20-18-16-14-12-10-8-2)67-69(4)66-83-73(87)71(81-59-46-53-77)48-42-55-79-57-44-51-75/h21-24,68-71,78-81H,7-20,25-67,74-77H2,1-6H3/p+2/b23-21+,24-22+. The Bertz CT molecular complexity index is 1520. The van der Waals surface area contributed by atoms with Gasteiger partial charge in [-0.1, -0.05) is 155 Å². The first-order valence-electron chi connectivity index (χ1n) is 37.6. The van der Waals surface area contributed by atoms with E-state index in [1.165, 1.54) is 219 Å². The minimum Gasteiger partial charge on any atom is -0.354 e. The van der Waals surface area contributed by atoms with E-state index in [0.29, 0.717) is 51.1 Å². The first-order valence-corrected chi connectivity index (χ1v) is 37.6. The van der Waals surface area contributed by atoms with Crippen LogP contribution in [0.5, 0.6) is 0 Å². The summed E-state index contributed by atoms with van der Waals surface area (Å²) in [5, 5.41) is 20.8. The lowest BCUT2D eigenvalue weighted by atomic mass is 10.0. The van der Waals surface area contributed by atoms with Gasteiger partial charge in [-0.05, 0) is 200 Å². The molecule has 0 saturated carbocycles. The summed E-state index contributed by atoms with van der Waals surface area (Å²) in [5.74, 6) is 1.00. The van der Waals surface area contributed by atoms with Crippen molar-refractivity contribution in [3.05, 3.63) is 24.3 Å². The van der Waals surface area contributed by atoms with Crippen molar-refractivity contribution in [1.82, 2.24) is 31.9 Å². The fourth-order valence-electron chi connectivity index (χ4n) is 12.3. The predicted octanol–water partition coefficient (Wildman–Crippen LogP) is 12.7. The van der Waals surface area contributed by atoms with Crippen molar-refractivity contribution in [2.24, 2.45) is 34.8 Å². The number of carbonyl (C=O) groups excluding carboxylic acids is 2. The van der Waals surface area contributed by atoms with E-state index in [1.54, 1.807) is 0 Å². The second-order valence-corrected chi connectivity index (χ2v) is 27.5. The highest BCUT2D eigenvalue weighted by Crippen LogP contribution is 2.20. The molecule has 0 aromatic heterocycles. The number of carbonyl (C=O) groups is 2. The SMILES string of the molecule is CCCCCCCC/C=C/CCCCCCCC[N+](C)(CCCC[N+](C)(CCCCCCCC/C=C/CCCCCCCC)CC(C)CNC(=O)C(CCCNCCCN)NCCCN)CCC(C)CNC(=O)C(CCCNCCCN)NCCCN. The summed E-state index contributed by atoms with van der Waals surface area (Å²) in [7, 11) is 5.05. The van der Waals surface area contributed by atoms with E-state index in [0.717, 1.165) is 119 Å². The highest BCUT2D eigenvalue weighted by atomic mass is 16.2. The van der Waals surface area contributed by atoms with Crippen LogP contribution < -0.4 is 54.8 Å². The van der Waals surface area contributed by atoms with E-state index in [4.69, 9.17) is 22.9 Å². The van der Waals surface area contributed by atoms with Crippen LogP contribution >= 0.6 is 0 Å². The van der Waals surface area contributed by atoms with Crippen molar-refractivity contribution in [2.45, 2.75) is 290 Å². The Morgan fingerprint density at radius 2 is 0.667 bits per heavy atom. The zero-order valence-electron chi connectivity index (χ0n) is 58.9. The maximum atomic E-state index is 13.8. The van der Waals surface area contributed by atoms with Crippen molar-refractivity contribution < 1.29 is 18.6 Å². The van der Waals surface area contributed by atoms with Gasteiger partial charge in [-0.25, -0.2) is 0 Å². The highest BCUT2D eigenvalue weighted by Gasteiger charge is 2.28. The number of hydrogen-bond acceptors (Lipinski definition) is 10. The summed E-state index contributed by atoms with van der Waals surface area (Å²) in [5.41, 5.74) is 23.1. The number of quaternary nitrogens is 2. The topological polar surface area (TPSA) is 210 Å². The second-order valence-electron chi connectivity index (χ2n) is 27.5. The van der Waals surface area contributed by atoms with Crippen LogP contribution in [0.15, 0.2) is 24.3 Å². The normalized spacial score (nSPS) is 14.8. The molecular weight excluding hydrogens is 1080 g/mol. The summed E-state index contributed by atoms with van der Waals surface area (Å²) >= 11 is 0. The second kappa shape index (κ2) is 64.1. The summed E-state index contributed by atoms with van der Waals surface area (Å²) in [6.07, 6.45) is 57.7. The molecule has 0 aliphatic carbocycles. The zero-order valence-corrected chi connectivity index (χ0v) is 58.9. The number of unbranched alkanes of at least 4 members (excludes halogenated alkanes) is 25. The lowest BCUT2D eigenvalue weighted by Gasteiger charge is -2.38. The van der Waals surface area contributed by atoms with Gasteiger partial charge in [-0.3, -0.25) is 9.59 Å². The van der Waals surface area contributed by atoms with Gasteiger partial charge >= 0.3 is 0 Å². The zero-order chi connectivity index (χ0) is 63.8. The molecule has 0 radical (unpaired) electrons. The first-order chi connectivity index (χ1) is 42.4. The van der Waals surface area contributed by atoms with E-state index >= 15 is 0 Å². The lowest BCUT2D eigenvalue weighted by Crippen LogP contribution is -2.52. The van der Waals surface area contributed by atoms with Crippen molar-refractivity contribution in [3.8, 4) is 0 Å². The quantitative estimate of drug-likeness (QED) is 0.0158. The lowest BCUT2D eigenvalue weighted by molar-refractivity contribution is -0.917. The molecule has 516 valence electrons. The Morgan fingerprint density at radius 1 is 0.356 bits per heavy atom. The number of allylic oxidation sites excluding steroid dienone is 4. The smallest absolute Gasteiger partial charge is 0.237 e. The number of rotatable bonds is 70. The first kappa shape index (κ1) is 85.0. The molecule has 0 bridgehead atoms. The molecule has 87 heavy (non-hydrogen) atoms. The largest absolute Gasteiger partial charge is 0.354 e. The van der Waals surface area contributed by atoms with Gasteiger partial charge in [-0.2, -0.15) is 0 Å². The third-order valence-corrected chi connectivity index (χ3v) is 18.2. The Kier molecular flexibility index (Phi) is 62.7. The molecular formula is C73H154N12O2+2. The number of nitrogens with zero attached hydrogens (tertiary/aromatic N) is 2. The molecule has 6 atom stereocenters. The van der Waals surface area contributed by atoms with Gasteiger partial charge in [0.2, 0.25) is 11.8 Å². The van der Waals surface area contributed by atoms with Crippen molar-refractivity contribution in [3.63, 3.8) is 0 Å². The van der Waals surface area contributed by atoms with Crippen LogP contribution in [0, 0.1) is 11.8 Å². The molecule has 0 aromatic carbocycles. The number of hydrogen-bond donors (Lipinski definition) is 10. The van der Waals surface area contributed by atoms with Crippen molar-refractivity contribution in [1.29, 1.82) is 0 Å². The third kappa shape index (κ3) is 56.5. The molecule has 0 rings (SSSR count). The number of nitrogens with one attached hydrogen (secondary N) is 6. The van der Waals surface area contributed by atoms with E-state index in [1.807, 2.05) is 0 Å². The highest BCUT2D eigenvalue weighted by molar-refractivity contribution is 5.82. The van der Waals surface area contributed by atoms with Gasteiger partial charge < -0.3 is 63.8 Å². The number of amides is 2. The Balaban J connectivity index is 5.87. The van der Waals surface area contributed by atoms with Crippen LogP contribution in [-0.4, -0.2) is 165 Å². The summed E-state index contributed by atoms with van der Waals surface area (Å²) in [6, 6.07) is -0.403. The van der Waals surface area contributed by atoms with Crippen molar-refractivity contribution in [2.75, 3.05) is 132 Å². The molecule has 0 spiro atoms. The van der Waals surface area contributed by atoms with Gasteiger partial charge in [0, 0.05) is 38.3 Å². The van der Waals surface area contributed by atoms with Crippen LogP contribution in [0.3, 0.4) is 0 Å². The van der Waals surface area contributed by atoms with Gasteiger partial charge in [0.25, 0.3) is 0 Å². The van der Waals surface area contributed by atoms with Crippen LogP contribution in [0.1, 0.15) is 278 Å². The van der Waals surface area contributed by atoms with Gasteiger partial charge in [0.15, 0.2) is 0 Å². The number of nitrogens with two attached hydrogens (primary N) is 4. The van der Waals surface area contributed by atoms with E-state index in [9.17, 15) is 9.59 Å². The van der Waals surface area contributed by atoms with Gasteiger partial charge in [0.1, 0.15) is 0 Å². The summed E-state index contributed by atoms with van der Waals surface area (Å²) in [6.45, 7) is 25.4. The van der Waals surface area contributed by atoms with E-state index in [2.05, 4.69) is 98.0 Å². The average molecular weight is 1230 g/mol. The van der Waals surface area contributed by atoms with Gasteiger partial charge in [-0.15, -0.1) is 0 Å². The average Bonchev–Trinajstić information content (AvgIpc) is 3.72. The maximum Gasteiger partial charge on any atom is 0.237 e. The van der Waals surface area contributed by atoms with Gasteiger partial charge in [0.05, 0.1) is 65.4 Å². The Labute approximate surface area is 541 Å². The van der Waals surface area contributed by atoms with Crippen LogP contribution in [0.4, 0.5) is 0 Å². The fraction of sp³-hybridized carbons (Fsp3) is 0.918. The van der Waals surface area contributed by atoms with E-state index < -0.39 is 0 Å². The minimum absolute atomic E-state index is 0.120. The Morgan fingerprint density at radius 3 is 1.05 bits per heavy atom. The molecule has 14 N–H and O–H groups in total. The molecule has 0 saturated heterocycles. The maximum absolute atomic E-state index is 13.8. The molecule has 0 aliphatic rings. The third-order valence-electron chi connectivity index (χ3n) is 18.2.